The van der Waals surface area contributed by atoms with Gasteiger partial charge in [-0.25, -0.2) is 0 Å². The third kappa shape index (κ3) is 3.12. The van der Waals surface area contributed by atoms with Crippen LogP contribution in [0.2, 0.25) is 0 Å². The van der Waals surface area contributed by atoms with E-state index in [0.717, 1.165) is 39.1 Å². The molecular formula is C15H27NO2. The zero-order chi connectivity index (χ0) is 13.4. The molecule has 1 saturated carbocycles. The highest BCUT2D eigenvalue weighted by Gasteiger charge is 2.38. The lowest BCUT2D eigenvalue weighted by molar-refractivity contribution is -0.137. The lowest BCUT2D eigenvalue weighted by atomic mass is 9.71. The molecule has 2 fully saturated rings. The highest BCUT2D eigenvalue weighted by atomic mass is 16.5. The second-order valence-corrected chi connectivity index (χ2v) is 7.18. The van der Waals surface area contributed by atoms with E-state index in [-0.39, 0.29) is 16.9 Å². The zero-order valence-corrected chi connectivity index (χ0v) is 12.3. The molecule has 1 aliphatic heterocycles. The van der Waals surface area contributed by atoms with E-state index in [2.05, 4.69) is 32.6 Å². The molecule has 1 aliphatic carbocycles. The van der Waals surface area contributed by atoms with Gasteiger partial charge in [0, 0.05) is 31.0 Å². The van der Waals surface area contributed by atoms with E-state index in [0.29, 0.717) is 5.78 Å². The van der Waals surface area contributed by atoms with Crippen molar-refractivity contribution in [2.45, 2.75) is 52.6 Å². The summed E-state index contributed by atoms with van der Waals surface area (Å²) in [6.45, 7) is 12.1. The number of ether oxygens (including phenoxy) is 1. The van der Waals surface area contributed by atoms with Crippen molar-refractivity contribution < 1.29 is 9.53 Å². The van der Waals surface area contributed by atoms with Gasteiger partial charge in [0.2, 0.25) is 0 Å². The fourth-order valence-corrected chi connectivity index (χ4v) is 3.35. The molecule has 2 rings (SSSR count). The zero-order valence-electron chi connectivity index (χ0n) is 12.3. The standard InChI is InChI=1S/C15H27NO2/c1-14(2)7-5-6-12(13(14)17)10-16-8-9-18-15(3,4)11-16/h12H,5-11H2,1-4H3. The Balaban J connectivity index is 1.95. The van der Waals surface area contributed by atoms with Crippen LogP contribution in [0.5, 0.6) is 0 Å². The summed E-state index contributed by atoms with van der Waals surface area (Å²) in [4.78, 5) is 14.8. The summed E-state index contributed by atoms with van der Waals surface area (Å²) >= 11 is 0. The molecule has 2 aliphatic rings. The largest absolute Gasteiger partial charge is 0.373 e. The minimum Gasteiger partial charge on any atom is -0.373 e. The molecule has 0 aromatic carbocycles. The normalized spacial score (nSPS) is 32.4. The SMILES string of the molecule is CC1(C)CN(CC2CCCC(C)(C)C2=O)CCO1. The van der Waals surface area contributed by atoms with E-state index >= 15 is 0 Å². The van der Waals surface area contributed by atoms with Crippen LogP contribution in [0, 0.1) is 11.3 Å². The Kier molecular flexibility index (Phi) is 3.84. The summed E-state index contributed by atoms with van der Waals surface area (Å²) in [6, 6.07) is 0. The Morgan fingerprint density at radius 1 is 1.33 bits per heavy atom. The van der Waals surface area contributed by atoms with Crippen LogP contribution in [-0.2, 0) is 9.53 Å². The van der Waals surface area contributed by atoms with Crippen LogP contribution >= 0.6 is 0 Å². The summed E-state index contributed by atoms with van der Waals surface area (Å²) in [5.74, 6) is 0.709. The van der Waals surface area contributed by atoms with E-state index < -0.39 is 0 Å². The van der Waals surface area contributed by atoms with Gasteiger partial charge in [-0.05, 0) is 26.7 Å². The lowest BCUT2D eigenvalue weighted by Crippen LogP contribution is -2.51. The molecule has 18 heavy (non-hydrogen) atoms. The Hall–Kier alpha value is -0.410. The van der Waals surface area contributed by atoms with Gasteiger partial charge < -0.3 is 4.74 Å². The molecule has 1 unspecified atom stereocenters. The van der Waals surface area contributed by atoms with Crippen molar-refractivity contribution in [3.63, 3.8) is 0 Å². The number of morpholine rings is 1. The molecule has 0 N–H and O–H groups in total. The maximum Gasteiger partial charge on any atom is 0.142 e. The minimum absolute atomic E-state index is 0.0640. The Morgan fingerprint density at radius 2 is 2.06 bits per heavy atom. The van der Waals surface area contributed by atoms with E-state index in [1.807, 2.05) is 0 Å². The predicted molar refractivity (Wildman–Crippen MR) is 72.6 cm³/mol. The number of hydrogen-bond donors (Lipinski definition) is 0. The monoisotopic (exact) mass is 253 g/mol. The predicted octanol–water partition coefficient (Wildman–Crippen LogP) is 2.49. The van der Waals surface area contributed by atoms with Gasteiger partial charge in [0.1, 0.15) is 5.78 Å². The summed E-state index contributed by atoms with van der Waals surface area (Å²) < 4.78 is 5.73. The Morgan fingerprint density at radius 3 is 2.72 bits per heavy atom. The van der Waals surface area contributed by atoms with Crippen molar-refractivity contribution in [3.05, 3.63) is 0 Å². The van der Waals surface area contributed by atoms with Crippen molar-refractivity contribution >= 4 is 5.78 Å². The number of carbonyl (C=O) groups is 1. The molecule has 1 atom stereocenters. The molecule has 1 saturated heterocycles. The van der Waals surface area contributed by atoms with Crippen molar-refractivity contribution in [1.29, 1.82) is 0 Å². The maximum absolute atomic E-state index is 12.4. The van der Waals surface area contributed by atoms with Gasteiger partial charge in [-0.1, -0.05) is 20.3 Å². The van der Waals surface area contributed by atoms with Crippen LogP contribution in [0.25, 0.3) is 0 Å². The average Bonchev–Trinajstić information content (AvgIpc) is 2.23. The number of rotatable bonds is 2. The van der Waals surface area contributed by atoms with Crippen LogP contribution in [0.15, 0.2) is 0 Å². The summed E-state index contributed by atoms with van der Waals surface area (Å²) in [5, 5.41) is 0. The summed E-state index contributed by atoms with van der Waals surface area (Å²) in [5.41, 5.74) is -0.170. The average molecular weight is 253 g/mol. The van der Waals surface area contributed by atoms with Gasteiger partial charge in [-0.15, -0.1) is 0 Å². The molecule has 0 amide bonds. The first-order chi connectivity index (χ1) is 8.30. The van der Waals surface area contributed by atoms with Gasteiger partial charge >= 0.3 is 0 Å². The third-order valence-electron chi connectivity index (χ3n) is 4.38. The highest BCUT2D eigenvalue weighted by molar-refractivity contribution is 5.87. The van der Waals surface area contributed by atoms with Crippen LogP contribution in [0.4, 0.5) is 0 Å². The third-order valence-corrected chi connectivity index (χ3v) is 4.38. The van der Waals surface area contributed by atoms with Crippen LogP contribution in [0.3, 0.4) is 0 Å². The molecule has 3 heteroatoms. The number of Topliss-reactive ketones (excluding diaryl/α,β-unsaturated/α-hetero) is 1. The van der Waals surface area contributed by atoms with Crippen molar-refractivity contribution in [2.24, 2.45) is 11.3 Å². The molecule has 0 aromatic rings. The van der Waals surface area contributed by atoms with E-state index in [9.17, 15) is 4.79 Å². The molecule has 104 valence electrons. The molecule has 0 aromatic heterocycles. The van der Waals surface area contributed by atoms with E-state index in [1.54, 1.807) is 0 Å². The van der Waals surface area contributed by atoms with Gasteiger partial charge in [-0.2, -0.15) is 0 Å². The van der Waals surface area contributed by atoms with Crippen LogP contribution in [0.1, 0.15) is 47.0 Å². The Labute approximate surface area is 111 Å². The number of ketones is 1. The molecular weight excluding hydrogens is 226 g/mol. The minimum atomic E-state index is -0.106. The van der Waals surface area contributed by atoms with Gasteiger partial charge in [-0.3, -0.25) is 9.69 Å². The first kappa shape index (κ1) is 14.0. The quantitative estimate of drug-likeness (QED) is 0.757. The topological polar surface area (TPSA) is 29.5 Å². The second-order valence-electron chi connectivity index (χ2n) is 7.18. The smallest absolute Gasteiger partial charge is 0.142 e. The van der Waals surface area contributed by atoms with E-state index in [1.165, 1.54) is 6.42 Å². The van der Waals surface area contributed by atoms with Crippen molar-refractivity contribution in [1.82, 2.24) is 4.90 Å². The molecule has 0 spiro atoms. The molecule has 0 bridgehead atoms. The first-order valence-corrected chi connectivity index (χ1v) is 7.21. The molecule has 1 heterocycles. The van der Waals surface area contributed by atoms with Crippen LogP contribution in [-0.4, -0.2) is 42.5 Å². The van der Waals surface area contributed by atoms with Gasteiger partial charge in [0.15, 0.2) is 0 Å². The molecule has 0 radical (unpaired) electrons. The highest BCUT2D eigenvalue weighted by Crippen LogP contribution is 2.36. The fraction of sp³-hybridized carbons (Fsp3) is 0.933. The van der Waals surface area contributed by atoms with Gasteiger partial charge in [0.05, 0.1) is 12.2 Å². The number of hydrogen-bond acceptors (Lipinski definition) is 3. The fourth-order valence-electron chi connectivity index (χ4n) is 3.35. The van der Waals surface area contributed by atoms with Crippen LogP contribution < -0.4 is 0 Å². The number of carbonyl (C=O) groups excluding carboxylic acids is 1. The maximum atomic E-state index is 12.4. The first-order valence-electron chi connectivity index (χ1n) is 7.21. The van der Waals surface area contributed by atoms with Crippen molar-refractivity contribution in [2.75, 3.05) is 26.2 Å². The summed E-state index contributed by atoms with van der Waals surface area (Å²) in [6.07, 6.45) is 3.31. The van der Waals surface area contributed by atoms with Gasteiger partial charge in [0.25, 0.3) is 0 Å². The summed E-state index contributed by atoms with van der Waals surface area (Å²) in [7, 11) is 0. The van der Waals surface area contributed by atoms with Crippen molar-refractivity contribution in [3.8, 4) is 0 Å². The lowest BCUT2D eigenvalue weighted by Gasteiger charge is -2.41. The second kappa shape index (κ2) is 4.93. The molecule has 3 nitrogen and oxygen atoms in total. The number of nitrogens with zero attached hydrogens (tertiary/aromatic N) is 1. The Bertz CT molecular complexity index is 322. The van der Waals surface area contributed by atoms with E-state index in [4.69, 9.17) is 4.74 Å².